The molecule has 1 aliphatic carbocycles. The van der Waals surface area contributed by atoms with Crippen molar-refractivity contribution in [3.05, 3.63) is 35.9 Å². The zero-order valence-electron chi connectivity index (χ0n) is 11.6. The highest BCUT2D eigenvalue weighted by Crippen LogP contribution is 2.42. The van der Waals surface area contributed by atoms with Gasteiger partial charge in [-0.1, -0.05) is 30.3 Å². The normalized spacial score (nSPS) is 16.5. The van der Waals surface area contributed by atoms with Crippen molar-refractivity contribution >= 4 is 5.91 Å². The number of hydrogen-bond donors (Lipinski definition) is 0. The van der Waals surface area contributed by atoms with Crippen molar-refractivity contribution < 1.29 is 4.79 Å². The van der Waals surface area contributed by atoms with Gasteiger partial charge < -0.3 is 4.90 Å². The first-order valence-corrected chi connectivity index (χ1v) is 6.85. The topological polar surface area (TPSA) is 44.1 Å². The number of carbonyl (C=O) groups excluding carboxylic acids is 1. The lowest BCUT2D eigenvalue weighted by Gasteiger charge is -2.39. The van der Waals surface area contributed by atoms with Gasteiger partial charge in [0.15, 0.2) is 0 Å². The summed E-state index contributed by atoms with van der Waals surface area (Å²) in [6, 6.07) is 12.3. The van der Waals surface area contributed by atoms with Crippen molar-refractivity contribution in [2.24, 2.45) is 5.41 Å². The van der Waals surface area contributed by atoms with Gasteiger partial charge in [0.1, 0.15) is 5.41 Å². The molecule has 1 amide bonds. The molecule has 0 spiro atoms. The first-order valence-electron chi connectivity index (χ1n) is 6.85. The van der Waals surface area contributed by atoms with Gasteiger partial charge >= 0.3 is 0 Å². The van der Waals surface area contributed by atoms with E-state index in [9.17, 15) is 10.1 Å². The fourth-order valence-electron chi connectivity index (χ4n) is 2.45. The number of rotatable bonds is 4. The molecule has 3 heteroatoms. The summed E-state index contributed by atoms with van der Waals surface area (Å²) in [7, 11) is 0. The fraction of sp³-hybridized carbons (Fsp3) is 0.500. The first-order chi connectivity index (χ1) is 9.09. The van der Waals surface area contributed by atoms with Crippen molar-refractivity contribution in [3.8, 4) is 6.07 Å². The van der Waals surface area contributed by atoms with Crippen LogP contribution in [-0.4, -0.2) is 16.8 Å². The molecular weight excluding hydrogens is 236 g/mol. The SMILES string of the molecule is CC(C)N(Cc1ccccc1)C(=O)C1(C#N)CCC1. The molecule has 2 rings (SSSR count). The van der Waals surface area contributed by atoms with Crippen molar-refractivity contribution in [1.29, 1.82) is 5.26 Å². The summed E-state index contributed by atoms with van der Waals surface area (Å²) in [4.78, 5) is 14.5. The Hall–Kier alpha value is -1.82. The third-order valence-electron chi connectivity index (χ3n) is 3.91. The average Bonchev–Trinajstić information content (AvgIpc) is 2.36. The van der Waals surface area contributed by atoms with E-state index in [0.29, 0.717) is 19.4 Å². The maximum atomic E-state index is 12.6. The molecule has 0 unspecified atom stereocenters. The highest BCUT2D eigenvalue weighted by Gasteiger charge is 2.47. The number of amides is 1. The van der Waals surface area contributed by atoms with Gasteiger partial charge in [0, 0.05) is 12.6 Å². The molecule has 1 aromatic rings. The van der Waals surface area contributed by atoms with Crippen molar-refractivity contribution in [2.75, 3.05) is 0 Å². The Morgan fingerprint density at radius 2 is 2.00 bits per heavy atom. The van der Waals surface area contributed by atoms with Gasteiger partial charge in [0.05, 0.1) is 6.07 Å². The predicted molar refractivity (Wildman–Crippen MR) is 74.0 cm³/mol. The van der Waals surface area contributed by atoms with Gasteiger partial charge in [-0.15, -0.1) is 0 Å². The molecule has 0 bridgehead atoms. The quantitative estimate of drug-likeness (QED) is 0.830. The minimum absolute atomic E-state index is 0.0000954. The van der Waals surface area contributed by atoms with E-state index in [2.05, 4.69) is 6.07 Å². The second-order valence-corrected chi connectivity index (χ2v) is 5.56. The third-order valence-corrected chi connectivity index (χ3v) is 3.91. The van der Waals surface area contributed by atoms with E-state index in [1.807, 2.05) is 49.1 Å². The van der Waals surface area contributed by atoms with Crippen LogP contribution in [-0.2, 0) is 11.3 Å². The summed E-state index contributed by atoms with van der Waals surface area (Å²) >= 11 is 0. The van der Waals surface area contributed by atoms with Crippen molar-refractivity contribution in [3.63, 3.8) is 0 Å². The van der Waals surface area contributed by atoms with Gasteiger partial charge in [-0.05, 0) is 38.7 Å². The van der Waals surface area contributed by atoms with Crippen LogP contribution in [0.15, 0.2) is 30.3 Å². The van der Waals surface area contributed by atoms with Crippen LogP contribution >= 0.6 is 0 Å². The standard InChI is InChI=1S/C16H20N2O/c1-13(2)18(11-14-7-4-3-5-8-14)15(19)16(12-17)9-6-10-16/h3-5,7-8,13H,6,9-11H2,1-2H3. The fourth-order valence-corrected chi connectivity index (χ4v) is 2.45. The molecule has 1 aliphatic rings. The number of benzene rings is 1. The van der Waals surface area contributed by atoms with E-state index < -0.39 is 5.41 Å². The van der Waals surface area contributed by atoms with Crippen LogP contribution in [0.4, 0.5) is 0 Å². The average molecular weight is 256 g/mol. The third kappa shape index (κ3) is 2.63. The zero-order chi connectivity index (χ0) is 13.9. The number of carbonyl (C=O) groups is 1. The molecule has 0 heterocycles. The van der Waals surface area contributed by atoms with Gasteiger partial charge in [-0.3, -0.25) is 4.79 Å². The molecule has 0 N–H and O–H groups in total. The largest absolute Gasteiger partial charge is 0.335 e. The molecular formula is C16H20N2O. The Morgan fingerprint density at radius 3 is 2.42 bits per heavy atom. The zero-order valence-corrected chi connectivity index (χ0v) is 11.6. The molecule has 1 fully saturated rings. The highest BCUT2D eigenvalue weighted by atomic mass is 16.2. The maximum absolute atomic E-state index is 12.6. The van der Waals surface area contributed by atoms with E-state index in [1.165, 1.54) is 0 Å². The lowest BCUT2D eigenvalue weighted by molar-refractivity contribution is -0.145. The lowest BCUT2D eigenvalue weighted by atomic mass is 9.69. The summed E-state index contributed by atoms with van der Waals surface area (Å²) in [5.41, 5.74) is 0.357. The van der Waals surface area contributed by atoms with Crippen LogP contribution in [0.2, 0.25) is 0 Å². The molecule has 1 aromatic carbocycles. The molecule has 0 aliphatic heterocycles. The Morgan fingerprint density at radius 1 is 1.37 bits per heavy atom. The van der Waals surface area contributed by atoms with E-state index in [4.69, 9.17) is 0 Å². The maximum Gasteiger partial charge on any atom is 0.243 e. The monoisotopic (exact) mass is 256 g/mol. The van der Waals surface area contributed by atoms with Crippen LogP contribution in [0, 0.1) is 16.7 Å². The predicted octanol–water partition coefficient (Wildman–Crippen LogP) is 3.12. The summed E-state index contributed by atoms with van der Waals surface area (Å²) in [5, 5.41) is 9.31. The van der Waals surface area contributed by atoms with Crippen LogP contribution < -0.4 is 0 Å². The van der Waals surface area contributed by atoms with E-state index in [1.54, 1.807) is 0 Å². The summed E-state index contributed by atoms with van der Waals surface area (Å²) < 4.78 is 0. The lowest BCUT2D eigenvalue weighted by Crippen LogP contribution is -2.49. The molecule has 3 nitrogen and oxygen atoms in total. The number of nitrogens with zero attached hydrogens (tertiary/aromatic N) is 2. The molecule has 0 atom stereocenters. The number of nitriles is 1. The van der Waals surface area contributed by atoms with Crippen LogP contribution in [0.1, 0.15) is 38.7 Å². The Labute approximate surface area is 114 Å². The van der Waals surface area contributed by atoms with Crippen molar-refractivity contribution in [2.45, 2.75) is 45.7 Å². The van der Waals surface area contributed by atoms with E-state index >= 15 is 0 Å². The van der Waals surface area contributed by atoms with E-state index in [0.717, 1.165) is 12.0 Å². The minimum Gasteiger partial charge on any atom is -0.335 e. The highest BCUT2D eigenvalue weighted by molar-refractivity contribution is 5.86. The van der Waals surface area contributed by atoms with Crippen LogP contribution in [0.3, 0.4) is 0 Å². The Bertz CT molecular complexity index is 483. The summed E-state index contributed by atoms with van der Waals surface area (Å²) in [5.74, 6) is 0.0000954. The summed E-state index contributed by atoms with van der Waals surface area (Å²) in [6.07, 6.45) is 2.40. The van der Waals surface area contributed by atoms with Gasteiger partial charge in [-0.2, -0.15) is 5.26 Å². The van der Waals surface area contributed by atoms with Gasteiger partial charge in [0.2, 0.25) is 5.91 Å². The molecule has 0 radical (unpaired) electrons. The number of hydrogen-bond acceptors (Lipinski definition) is 2. The first kappa shape index (κ1) is 13.6. The van der Waals surface area contributed by atoms with Gasteiger partial charge in [-0.25, -0.2) is 0 Å². The second-order valence-electron chi connectivity index (χ2n) is 5.56. The molecule has 19 heavy (non-hydrogen) atoms. The molecule has 0 aromatic heterocycles. The van der Waals surface area contributed by atoms with Crippen LogP contribution in [0.5, 0.6) is 0 Å². The smallest absolute Gasteiger partial charge is 0.243 e. The Kier molecular flexibility index (Phi) is 3.90. The summed E-state index contributed by atoms with van der Waals surface area (Å²) in [6.45, 7) is 4.59. The van der Waals surface area contributed by atoms with Gasteiger partial charge in [0.25, 0.3) is 0 Å². The Balaban J connectivity index is 2.17. The van der Waals surface area contributed by atoms with Crippen molar-refractivity contribution in [1.82, 2.24) is 4.90 Å². The van der Waals surface area contributed by atoms with Crippen LogP contribution in [0.25, 0.3) is 0 Å². The minimum atomic E-state index is -0.751. The second kappa shape index (κ2) is 5.44. The molecule has 100 valence electrons. The molecule has 0 saturated heterocycles. The van der Waals surface area contributed by atoms with E-state index in [-0.39, 0.29) is 11.9 Å². The molecule has 1 saturated carbocycles.